The third-order valence-electron chi connectivity index (χ3n) is 3.23. The van der Waals surface area contributed by atoms with Gasteiger partial charge < -0.3 is 9.64 Å². The van der Waals surface area contributed by atoms with Gasteiger partial charge in [-0.15, -0.1) is 0 Å². The summed E-state index contributed by atoms with van der Waals surface area (Å²) in [5, 5.41) is 0. The Morgan fingerprint density at radius 3 is 2.94 bits per heavy atom. The monoisotopic (exact) mass is 281 g/mol. The first-order valence-electron chi connectivity index (χ1n) is 5.43. The Hall–Kier alpha value is -1.03. The van der Waals surface area contributed by atoms with Crippen LogP contribution in [0.25, 0.3) is 0 Å². The number of likely N-dealkylation sites (tertiary alicyclic amines) is 1. The second-order valence-corrected chi connectivity index (χ2v) is 5.26. The molecule has 0 N–H and O–H groups in total. The molecule has 0 spiro atoms. The van der Waals surface area contributed by atoms with Crippen LogP contribution in [-0.2, 0) is 4.79 Å². The van der Waals surface area contributed by atoms with Crippen LogP contribution in [0.4, 0.5) is 0 Å². The molecule has 84 valence electrons. The van der Waals surface area contributed by atoms with Crippen molar-refractivity contribution in [3.8, 4) is 5.75 Å². The van der Waals surface area contributed by atoms with Crippen LogP contribution in [0, 0.1) is 0 Å². The van der Waals surface area contributed by atoms with Gasteiger partial charge >= 0.3 is 0 Å². The Morgan fingerprint density at radius 2 is 2.19 bits per heavy atom. The number of carbonyl (C=O) groups excluding carboxylic acids is 1. The van der Waals surface area contributed by atoms with Crippen LogP contribution in [0.5, 0.6) is 5.75 Å². The van der Waals surface area contributed by atoms with Crippen molar-refractivity contribution in [2.75, 3.05) is 13.2 Å². The molecule has 0 bridgehead atoms. The molecule has 0 aromatic heterocycles. The number of para-hydroxylation sites is 1. The molecule has 3 nitrogen and oxygen atoms in total. The lowest BCUT2D eigenvalue weighted by atomic mass is 10.1. The summed E-state index contributed by atoms with van der Waals surface area (Å²) < 4.78 is 5.60. The molecule has 4 heteroatoms. The molecular weight excluding hydrogens is 270 g/mol. The highest BCUT2D eigenvalue weighted by Gasteiger charge is 2.38. The largest absolute Gasteiger partial charge is 0.491 e. The summed E-state index contributed by atoms with van der Waals surface area (Å²) in [6.45, 7) is 1.40. The van der Waals surface area contributed by atoms with Gasteiger partial charge in [0.15, 0.2) is 0 Å². The molecule has 2 aliphatic heterocycles. The summed E-state index contributed by atoms with van der Waals surface area (Å²) in [6, 6.07) is 8.06. The zero-order valence-electron chi connectivity index (χ0n) is 8.73. The van der Waals surface area contributed by atoms with Crippen LogP contribution in [0.15, 0.2) is 24.3 Å². The lowest BCUT2D eigenvalue weighted by Gasteiger charge is -2.22. The summed E-state index contributed by atoms with van der Waals surface area (Å²) in [6.07, 6.45) is 0.886. The van der Waals surface area contributed by atoms with E-state index in [1.54, 1.807) is 0 Å². The van der Waals surface area contributed by atoms with E-state index < -0.39 is 0 Å². The lowest BCUT2D eigenvalue weighted by Crippen LogP contribution is -2.32. The van der Waals surface area contributed by atoms with E-state index in [1.807, 2.05) is 29.2 Å². The van der Waals surface area contributed by atoms with Gasteiger partial charge in [0.1, 0.15) is 12.4 Å². The molecule has 2 aliphatic rings. The van der Waals surface area contributed by atoms with E-state index in [-0.39, 0.29) is 16.8 Å². The van der Waals surface area contributed by atoms with Crippen molar-refractivity contribution in [1.29, 1.82) is 0 Å². The van der Waals surface area contributed by atoms with Crippen LogP contribution in [0.2, 0.25) is 0 Å². The highest BCUT2D eigenvalue weighted by atomic mass is 79.9. The van der Waals surface area contributed by atoms with Crippen molar-refractivity contribution in [1.82, 2.24) is 4.90 Å². The fraction of sp³-hybridized carbons (Fsp3) is 0.417. The van der Waals surface area contributed by atoms with Crippen molar-refractivity contribution in [3.05, 3.63) is 29.8 Å². The first-order valence-corrected chi connectivity index (χ1v) is 6.35. The highest BCUT2D eigenvalue weighted by molar-refractivity contribution is 9.10. The number of halogens is 1. The summed E-state index contributed by atoms with van der Waals surface area (Å²) in [5.74, 6) is 1.10. The maximum atomic E-state index is 11.9. The number of carbonyl (C=O) groups is 1. The van der Waals surface area contributed by atoms with Crippen molar-refractivity contribution in [2.24, 2.45) is 0 Å². The number of alkyl halides is 1. The van der Waals surface area contributed by atoms with Crippen LogP contribution in [-0.4, -0.2) is 28.8 Å². The second kappa shape index (κ2) is 3.77. The summed E-state index contributed by atoms with van der Waals surface area (Å²) in [7, 11) is 0. The van der Waals surface area contributed by atoms with Crippen LogP contribution < -0.4 is 4.74 Å². The number of fused-ring (bicyclic) bond motifs is 1. The van der Waals surface area contributed by atoms with E-state index in [4.69, 9.17) is 4.74 Å². The average molecular weight is 282 g/mol. The van der Waals surface area contributed by atoms with Gasteiger partial charge in [0.05, 0.1) is 10.9 Å². The minimum atomic E-state index is -0.0136. The molecule has 0 aliphatic carbocycles. The second-order valence-electron chi connectivity index (χ2n) is 4.15. The third-order valence-corrected chi connectivity index (χ3v) is 4.07. The summed E-state index contributed by atoms with van der Waals surface area (Å²) in [4.78, 5) is 13.8. The molecule has 1 aromatic rings. The minimum absolute atomic E-state index is 0.0136. The predicted octanol–water partition coefficient (Wildman–Crippen LogP) is 2.12. The first kappa shape index (κ1) is 10.1. The number of amides is 1. The van der Waals surface area contributed by atoms with Gasteiger partial charge in [-0.3, -0.25) is 4.79 Å². The predicted molar refractivity (Wildman–Crippen MR) is 63.7 cm³/mol. The summed E-state index contributed by atoms with van der Waals surface area (Å²) in [5.41, 5.74) is 1.14. The zero-order chi connectivity index (χ0) is 11.1. The fourth-order valence-corrected chi connectivity index (χ4v) is 2.85. The molecule has 1 fully saturated rings. The van der Waals surface area contributed by atoms with E-state index in [0.29, 0.717) is 6.61 Å². The maximum Gasteiger partial charge on any atom is 0.237 e. The number of hydrogen-bond acceptors (Lipinski definition) is 2. The van der Waals surface area contributed by atoms with E-state index in [1.165, 1.54) is 0 Å². The molecule has 1 aromatic carbocycles. The van der Waals surface area contributed by atoms with Gasteiger partial charge in [-0.1, -0.05) is 34.1 Å². The quantitative estimate of drug-likeness (QED) is 0.738. The molecule has 2 heterocycles. The standard InChI is InChI=1S/C12H12BrNO2/c13-9-5-6-14(12(9)15)10-7-16-11-4-2-1-3-8(10)11/h1-4,9-10H,5-7H2. The zero-order valence-corrected chi connectivity index (χ0v) is 10.3. The Balaban J connectivity index is 1.91. The Kier molecular flexibility index (Phi) is 2.39. The van der Waals surface area contributed by atoms with Gasteiger partial charge in [0.2, 0.25) is 5.91 Å². The van der Waals surface area contributed by atoms with Crippen LogP contribution in [0.3, 0.4) is 0 Å². The van der Waals surface area contributed by atoms with Gasteiger partial charge in [-0.25, -0.2) is 0 Å². The van der Waals surface area contributed by atoms with E-state index in [9.17, 15) is 4.79 Å². The van der Waals surface area contributed by atoms with Gasteiger partial charge in [0.25, 0.3) is 0 Å². The van der Waals surface area contributed by atoms with Crippen molar-refractivity contribution < 1.29 is 9.53 Å². The number of ether oxygens (including phenoxy) is 1. The fourth-order valence-electron chi connectivity index (χ4n) is 2.38. The van der Waals surface area contributed by atoms with Crippen LogP contribution in [0.1, 0.15) is 18.0 Å². The number of benzene rings is 1. The first-order chi connectivity index (χ1) is 7.77. The number of nitrogens with zero attached hydrogens (tertiary/aromatic N) is 1. The third kappa shape index (κ3) is 1.44. The SMILES string of the molecule is O=C1C(Br)CCN1C1COc2ccccc21. The molecule has 1 saturated heterocycles. The maximum absolute atomic E-state index is 11.9. The van der Waals surface area contributed by atoms with E-state index >= 15 is 0 Å². The topological polar surface area (TPSA) is 29.5 Å². The van der Waals surface area contributed by atoms with Crippen molar-refractivity contribution in [3.63, 3.8) is 0 Å². The molecule has 0 radical (unpaired) electrons. The van der Waals surface area contributed by atoms with Crippen LogP contribution >= 0.6 is 15.9 Å². The molecule has 1 amide bonds. The van der Waals surface area contributed by atoms with Gasteiger partial charge in [-0.2, -0.15) is 0 Å². The average Bonchev–Trinajstić information content (AvgIpc) is 2.85. The highest BCUT2D eigenvalue weighted by Crippen LogP contribution is 2.38. The number of rotatable bonds is 1. The Morgan fingerprint density at radius 1 is 1.38 bits per heavy atom. The molecule has 2 unspecified atom stereocenters. The van der Waals surface area contributed by atoms with E-state index in [0.717, 1.165) is 24.3 Å². The lowest BCUT2D eigenvalue weighted by molar-refractivity contribution is -0.129. The molecule has 3 rings (SSSR count). The van der Waals surface area contributed by atoms with Crippen molar-refractivity contribution >= 4 is 21.8 Å². The van der Waals surface area contributed by atoms with Gasteiger partial charge in [0, 0.05) is 12.1 Å². The Bertz CT molecular complexity index is 435. The van der Waals surface area contributed by atoms with Crippen molar-refractivity contribution in [2.45, 2.75) is 17.3 Å². The smallest absolute Gasteiger partial charge is 0.237 e. The van der Waals surface area contributed by atoms with E-state index in [2.05, 4.69) is 15.9 Å². The Labute approximate surface area is 103 Å². The normalized spacial score (nSPS) is 28.1. The molecule has 2 atom stereocenters. The number of hydrogen-bond donors (Lipinski definition) is 0. The molecule has 0 saturated carbocycles. The molecular formula is C12H12BrNO2. The molecule has 16 heavy (non-hydrogen) atoms. The minimum Gasteiger partial charge on any atom is -0.491 e. The summed E-state index contributed by atoms with van der Waals surface area (Å²) >= 11 is 3.40. The van der Waals surface area contributed by atoms with Gasteiger partial charge in [-0.05, 0) is 12.5 Å².